The van der Waals surface area contributed by atoms with Gasteiger partial charge in [-0.05, 0) is 97.9 Å². The lowest BCUT2D eigenvalue weighted by molar-refractivity contribution is 0.0598. The fourth-order valence-corrected chi connectivity index (χ4v) is 21.0. The Kier molecular flexibility index (Phi) is 36.3. The highest BCUT2D eigenvalue weighted by Crippen LogP contribution is 2.54. The van der Waals surface area contributed by atoms with Crippen LogP contribution in [0.25, 0.3) is 0 Å². The lowest BCUT2D eigenvalue weighted by Crippen LogP contribution is -2.36. The summed E-state index contributed by atoms with van der Waals surface area (Å²) >= 11 is 0. The molecule has 8 atom stereocenters. The summed E-state index contributed by atoms with van der Waals surface area (Å²) in [5.41, 5.74) is 21.8. The summed E-state index contributed by atoms with van der Waals surface area (Å²) in [5.74, 6) is 4.67. The minimum absolute atomic E-state index is 0.0488. The van der Waals surface area contributed by atoms with Crippen molar-refractivity contribution in [3.63, 3.8) is 0 Å². The van der Waals surface area contributed by atoms with Crippen LogP contribution in [-0.2, 0) is 26.2 Å². The first-order chi connectivity index (χ1) is 59.1. The number of hydrogen-bond donors (Lipinski definition) is 0. The summed E-state index contributed by atoms with van der Waals surface area (Å²) in [4.78, 5) is 10.4. The molecule has 8 bridgehead atoms. The van der Waals surface area contributed by atoms with E-state index in [-0.39, 0.29) is 47.8 Å². The minimum Gasteiger partial charge on any atom is -0.477 e. The number of fused-ring (bicyclic) bond motifs is 16. The third kappa shape index (κ3) is 24.6. The molecular weight excluding hydrogens is 1470 g/mol. The molecule has 4 heterocycles. The summed E-state index contributed by atoms with van der Waals surface area (Å²) in [6.45, 7) is 24.4. The molecule has 8 heteroatoms. The number of ether oxygens (including phenoxy) is 4. The van der Waals surface area contributed by atoms with Gasteiger partial charge in [0.1, 0.15) is 49.9 Å². The zero-order valence-electron chi connectivity index (χ0n) is 76.1. The lowest BCUT2D eigenvalue weighted by atomic mass is 9.75. The van der Waals surface area contributed by atoms with Crippen LogP contribution in [-0.4, -0.2) is 46.5 Å². The summed E-state index contributed by atoms with van der Waals surface area (Å²) in [6, 6.07) is 67.3. The largest absolute Gasteiger partial charge is 0.477 e. The first-order valence-electron chi connectivity index (χ1n) is 49.4. The molecule has 0 saturated carbocycles. The van der Waals surface area contributed by atoms with Gasteiger partial charge in [0.25, 0.3) is 0 Å². The molecule has 0 amide bonds. The Morgan fingerprint density at radius 3 is 0.592 bits per heavy atom. The second kappa shape index (κ2) is 48.2. The van der Waals surface area contributed by atoms with Crippen molar-refractivity contribution in [3.8, 4) is 23.0 Å². The average Bonchev–Trinajstić information content (AvgIpc) is 0.740. The molecule has 648 valence electrons. The molecule has 120 heavy (non-hydrogen) atoms. The molecule has 0 aromatic heterocycles. The molecule has 0 N–H and O–H groups in total. The molecule has 4 aliphatic heterocycles. The highest BCUT2D eigenvalue weighted by Gasteiger charge is 2.39. The van der Waals surface area contributed by atoms with E-state index in [0.29, 0.717) is 26.9 Å². The van der Waals surface area contributed by atoms with Crippen LogP contribution in [0.15, 0.2) is 170 Å². The van der Waals surface area contributed by atoms with Crippen LogP contribution in [0, 0.1) is 0 Å². The Morgan fingerprint density at radius 1 is 0.233 bits per heavy atom. The Balaban J connectivity index is 1.06. The molecule has 8 nitrogen and oxygen atoms in total. The molecule has 5 aliphatic rings. The quantitative estimate of drug-likeness (QED) is 0.0350. The number of hydrogen-bond acceptors (Lipinski definition) is 8. The summed E-state index contributed by atoms with van der Waals surface area (Å²) in [6.07, 6.45) is 50.5. The Bertz CT molecular complexity index is 3750. The van der Waals surface area contributed by atoms with E-state index in [0.717, 1.165) is 101 Å². The van der Waals surface area contributed by atoms with Crippen molar-refractivity contribution < 1.29 is 18.9 Å². The topological polar surface area (TPSA) is 49.9 Å². The summed E-state index contributed by atoms with van der Waals surface area (Å²) in [7, 11) is 0. The maximum atomic E-state index is 7.71. The first kappa shape index (κ1) is 90.5. The third-order valence-corrected chi connectivity index (χ3v) is 28.7. The Morgan fingerprint density at radius 2 is 0.408 bits per heavy atom. The lowest BCUT2D eigenvalue weighted by Gasteiger charge is -2.39. The van der Waals surface area contributed by atoms with Gasteiger partial charge in [0.05, 0.1) is 0 Å². The number of benzene rings is 8. The predicted octanol–water partition coefficient (Wildman–Crippen LogP) is 31.9. The highest BCUT2D eigenvalue weighted by molar-refractivity contribution is 5.61. The van der Waals surface area contributed by atoms with Gasteiger partial charge in [-0.1, -0.05) is 429 Å². The SMILES string of the molecule is CCCCCCCCCCCC1c2cc3c(c(c2)C(CCCCCCCCCCC)c2cc4c(c(c2)C(CCCCCCCCCCC)c2cc5c(c(c2)C(CCCCCCCCCCC)c2cc6c(c1c2)OCN([C@H](C)c1ccccc1)C6)OCN([C@H](C)c1ccccc1)C5)OCN([C@H](C)c1ccccc1)C4)OCN([C@H](C)c1ccccc1)C3. The fourth-order valence-electron chi connectivity index (χ4n) is 21.0. The van der Waals surface area contributed by atoms with Gasteiger partial charge in [-0.3, -0.25) is 19.6 Å². The molecule has 0 radical (unpaired) electrons. The molecule has 0 spiro atoms. The van der Waals surface area contributed by atoms with Crippen LogP contribution in [0.3, 0.4) is 0 Å². The maximum Gasteiger partial charge on any atom is 0.142 e. The van der Waals surface area contributed by atoms with Gasteiger partial charge in [0.15, 0.2) is 0 Å². The minimum atomic E-state index is 0.0488. The normalized spacial score (nSPS) is 18.4. The van der Waals surface area contributed by atoms with Crippen molar-refractivity contribution in [2.75, 3.05) is 26.9 Å². The fraction of sp³-hybridized carbons (Fsp3) is 0.571. The zero-order valence-corrected chi connectivity index (χ0v) is 76.1. The van der Waals surface area contributed by atoms with Crippen molar-refractivity contribution in [1.29, 1.82) is 0 Å². The Labute approximate surface area is 729 Å². The molecule has 8 aromatic rings. The molecule has 8 aromatic carbocycles. The number of unbranched alkanes of at least 4 members (excludes halogenated alkanes) is 32. The van der Waals surface area contributed by atoms with E-state index >= 15 is 0 Å². The van der Waals surface area contributed by atoms with Gasteiger partial charge in [0, 0.05) is 119 Å². The van der Waals surface area contributed by atoms with Crippen LogP contribution in [0.1, 0.15) is 449 Å². The van der Waals surface area contributed by atoms with E-state index in [2.05, 4.69) is 245 Å². The van der Waals surface area contributed by atoms with Gasteiger partial charge < -0.3 is 18.9 Å². The van der Waals surface area contributed by atoms with Crippen molar-refractivity contribution in [2.24, 2.45) is 0 Å². The van der Waals surface area contributed by atoms with E-state index in [9.17, 15) is 0 Å². The molecule has 13 rings (SSSR count). The second-order valence-electron chi connectivity index (χ2n) is 37.5. The van der Waals surface area contributed by atoms with Gasteiger partial charge in [0.2, 0.25) is 0 Å². The van der Waals surface area contributed by atoms with Crippen LogP contribution in [0.2, 0.25) is 0 Å². The van der Waals surface area contributed by atoms with E-state index < -0.39 is 0 Å². The average molecular weight is 1620 g/mol. The molecule has 4 unspecified atom stereocenters. The van der Waals surface area contributed by atoms with Gasteiger partial charge >= 0.3 is 0 Å². The standard InChI is InChI=1S/C112H156N4O4/c1-9-13-17-21-25-29-33-37-53-65-101-93-69-97-77-113(85(5)89-57-45-41-46-58-89)82-118-110(97)106(73-93)103(67-55-39-35-31-27-23-19-15-11-3)95-71-99-79-115(87(7)91-61-49-43-50-62-91)84-120-112(99)108(75-95)104(68-56-40-36-32-28-24-20-16-12-4)96-72-100-80-116(88(8)92-63-51-44-52-64-92)83-119-111(100)107(76-96)102(66-54-38-34-30-26-22-18-14-10-2)94-70-98-78-114(81-117-109(98)105(101)74-94)86(6)90-59-47-42-48-60-90/h41-52,57-64,69-76,85-88,101-104H,9-40,53-56,65-68,77-84H2,1-8H3/t85-,86-,87-,88-,101?,102?,103?,104?/m1/s1. The van der Waals surface area contributed by atoms with Crippen LogP contribution in [0.4, 0.5) is 0 Å². The Hall–Kier alpha value is -7.20. The monoisotopic (exact) mass is 1620 g/mol. The molecule has 0 fully saturated rings. The summed E-state index contributed by atoms with van der Waals surface area (Å²) < 4.78 is 30.9. The van der Waals surface area contributed by atoms with Crippen LogP contribution < -0.4 is 18.9 Å². The van der Waals surface area contributed by atoms with Gasteiger partial charge in [-0.15, -0.1) is 0 Å². The van der Waals surface area contributed by atoms with Crippen LogP contribution >= 0.6 is 0 Å². The third-order valence-electron chi connectivity index (χ3n) is 28.7. The van der Waals surface area contributed by atoms with Crippen molar-refractivity contribution in [1.82, 2.24) is 19.6 Å². The molecule has 0 saturated heterocycles. The maximum absolute atomic E-state index is 7.71. The van der Waals surface area contributed by atoms with Crippen molar-refractivity contribution in [2.45, 2.75) is 386 Å². The smallest absolute Gasteiger partial charge is 0.142 e. The first-order valence-corrected chi connectivity index (χ1v) is 49.4. The van der Waals surface area contributed by atoms with Crippen molar-refractivity contribution in [3.05, 3.63) is 259 Å². The predicted molar refractivity (Wildman–Crippen MR) is 504 cm³/mol. The molecule has 1 aliphatic carbocycles. The van der Waals surface area contributed by atoms with E-state index in [4.69, 9.17) is 18.9 Å². The van der Waals surface area contributed by atoms with E-state index in [1.807, 2.05) is 0 Å². The number of nitrogens with zero attached hydrogens (tertiary/aromatic N) is 4. The zero-order chi connectivity index (χ0) is 83.0. The van der Waals surface area contributed by atoms with Gasteiger partial charge in [-0.25, -0.2) is 0 Å². The second-order valence-corrected chi connectivity index (χ2v) is 37.5. The van der Waals surface area contributed by atoms with Gasteiger partial charge in [-0.2, -0.15) is 0 Å². The molecular formula is C112H156N4O4. The summed E-state index contributed by atoms with van der Waals surface area (Å²) in [5, 5.41) is 0. The number of rotatable bonds is 48. The highest BCUT2D eigenvalue weighted by atomic mass is 16.5. The van der Waals surface area contributed by atoms with E-state index in [1.54, 1.807) is 0 Å². The van der Waals surface area contributed by atoms with E-state index in [1.165, 1.54) is 294 Å². The van der Waals surface area contributed by atoms with Crippen LogP contribution in [0.5, 0.6) is 23.0 Å². The van der Waals surface area contributed by atoms with Crippen molar-refractivity contribution >= 4 is 0 Å².